The summed E-state index contributed by atoms with van der Waals surface area (Å²) in [6.07, 6.45) is 3.47. The zero-order valence-electron chi connectivity index (χ0n) is 9.99. The molecule has 1 unspecified atom stereocenters. The highest BCUT2D eigenvalue weighted by atomic mass is 16.2. The molecule has 0 spiro atoms. The summed E-state index contributed by atoms with van der Waals surface area (Å²) in [4.78, 5) is 14.4. The van der Waals surface area contributed by atoms with Crippen LogP contribution in [0.1, 0.15) is 39.5 Å². The molecule has 2 rings (SSSR count). The summed E-state index contributed by atoms with van der Waals surface area (Å²) in [5, 5.41) is 11.9. The SMILES string of the molecule is CC1(C)CCNC(CC#N)C(=O)N1C1CC1. The van der Waals surface area contributed by atoms with Crippen LogP contribution >= 0.6 is 0 Å². The van der Waals surface area contributed by atoms with Crippen molar-refractivity contribution in [1.82, 2.24) is 10.2 Å². The summed E-state index contributed by atoms with van der Waals surface area (Å²) in [7, 11) is 0. The minimum Gasteiger partial charge on any atom is -0.333 e. The van der Waals surface area contributed by atoms with Crippen molar-refractivity contribution in [2.75, 3.05) is 6.54 Å². The maximum atomic E-state index is 12.3. The van der Waals surface area contributed by atoms with Gasteiger partial charge in [0.25, 0.3) is 0 Å². The third-order valence-electron chi connectivity index (χ3n) is 3.52. The molecular formula is C12H19N3O. The summed E-state index contributed by atoms with van der Waals surface area (Å²) in [5.41, 5.74) is -0.0740. The minimum absolute atomic E-state index is 0.0740. The van der Waals surface area contributed by atoms with Gasteiger partial charge in [0, 0.05) is 11.6 Å². The first-order valence-electron chi connectivity index (χ1n) is 6.00. The van der Waals surface area contributed by atoms with E-state index in [0.717, 1.165) is 25.8 Å². The van der Waals surface area contributed by atoms with E-state index in [9.17, 15) is 4.79 Å². The van der Waals surface area contributed by atoms with Crippen molar-refractivity contribution < 1.29 is 4.79 Å². The molecule has 88 valence electrons. The molecule has 1 aliphatic heterocycles. The molecular weight excluding hydrogens is 202 g/mol. The van der Waals surface area contributed by atoms with Crippen molar-refractivity contribution in [2.24, 2.45) is 0 Å². The Kier molecular flexibility index (Phi) is 2.90. The Morgan fingerprint density at radius 1 is 1.56 bits per heavy atom. The van der Waals surface area contributed by atoms with Crippen molar-refractivity contribution in [3.8, 4) is 6.07 Å². The van der Waals surface area contributed by atoms with Gasteiger partial charge >= 0.3 is 0 Å². The van der Waals surface area contributed by atoms with Gasteiger partial charge in [0.15, 0.2) is 0 Å². The molecule has 2 aliphatic rings. The highest BCUT2D eigenvalue weighted by Crippen LogP contribution is 2.36. The first-order chi connectivity index (χ1) is 7.56. The number of carbonyl (C=O) groups excluding carboxylic acids is 1. The highest BCUT2D eigenvalue weighted by Gasteiger charge is 2.45. The lowest BCUT2D eigenvalue weighted by Gasteiger charge is -2.38. The van der Waals surface area contributed by atoms with E-state index in [1.54, 1.807) is 0 Å². The third kappa shape index (κ3) is 2.05. The molecule has 0 aromatic carbocycles. The van der Waals surface area contributed by atoms with E-state index in [1.807, 2.05) is 4.90 Å². The summed E-state index contributed by atoms with van der Waals surface area (Å²) in [6, 6.07) is 2.21. The molecule has 2 fully saturated rings. The fraction of sp³-hybridized carbons (Fsp3) is 0.833. The molecule has 0 bridgehead atoms. The summed E-state index contributed by atoms with van der Waals surface area (Å²) >= 11 is 0. The van der Waals surface area contributed by atoms with Gasteiger partial charge in [0.2, 0.25) is 5.91 Å². The minimum atomic E-state index is -0.299. The second kappa shape index (κ2) is 4.06. The predicted octanol–water partition coefficient (Wildman–Crippen LogP) is 1.03. The van der Waals surface area contributed by atoms with Gasteiger partial charge < -0.3 is 10.2 Å². The number of nitriles is 1. The van der Waals surface area contributed by atoms with Crippen molar-refractivity contribution >= 4 is 5.91 Å². The number of hydrogen-bond donors (Lipinski definition) is 1. The molecule has 0 aromatic heterocycles. The maximum Gasteiger partial charge on any atom is 0.241 e. The van der Waals surface area contributed by atoms with E-state index in [0.29, 0.717) is 6.04 Å². The van der Waals surface area contributed by atoms with Crippen LogP contribution in [0.15, 0.2) is 0 Å². The van der Waals surface area contributed by atoms with Crippen LogP contribution < -0.4 is 5.32 Å². The zero-order chi connectivity index (χ0) is 11.8. The van der Waals surface area contributed by atoms with E-state index in [4.69, 9.17) is 5.26 Å². The Bertz CT molecular complexity index is 328. The highest BCUT2D eigenvalue weighted by molar-refractivity contribution is 5.83. The van der Waals surface area contributed by atoms with Crippen LogP contribution in [-0.2, 0) is 4.79 Å². The molecule has 4 heteroatoms. The smallest absolute Gasteiger partial charge is 0.241 e. The van der Waals surface area contributed by atoms with E-state index in [-0.39, 0.29) is 23.9 Å². The van der Waals surface area contributed by atoms with Crippen molar-refractivity contribution in [3.63, 3.8) is 0 Å². The molecule has 4 nitrogen and oxygen atoms in total. The molecule has 16 heavy (non-hydrogen) atoms. The normalized spacial score (nSPS) is 29.7. The van der Waals surface area contributed by atoms with Crippen LogP contribution in [0, 0.1) is 11.3 Å². The Labute approximate surface area is 96.6 Å². The fourth-order valence-corrected chi connectivity index (χ4v) is 2.48. The number of nitrogens with zero attached hydrogens (tertiary/aromatic N) is 2. The van der Waals surface area contributed by atoms with Gasteiger partial charge in [-0.15, -0.1) is 0 Å². The molecule has 1 aliphatic carbocycles. The summed E-state index contributed by atoms with van der Waals surface area (Å²) in [5.74, 6) is 0.117. The summed E-state index contributed by atoms with van der Waals surface area (Å²) in [6.45, 7) is 5.06. The number of amides is 1. The average molecular weight is 221 g/mol. The number of carbonyl (C=O) groups is 1. The van der Waals surface area contributed by atoms with Gasteiger partial charge in [0.05, 0.1) is 18.5 Å². The number of rotatable bonds is 2. The van der Waals surface area contributed by atoms with E-state index in [1.165, 1.54) is 0 Å². The van der Waals surface area contributed by atoms with Crippen LogP contribution in [0.4, 0.5) is 0 Å². The van der Waals surface area contributed by atoms with E-state index in [2.05, 4.69) is 25.2 Å². The second-order valence-electron chi connectivity index (χ2n) is 5.37. The molecule has 0 aromatic rings. The van der Waals surface area contributed by atoms with E-state index >= 15 is 0 Å². The molecule has 1 heterocycles. The Morgan fingerprint density at radius 3 is 2.81 bits per heavy atom. The number of nitrogens with one attached hydrogen (secondary N) is 1. The standard InChI is InChI=1S/C12H19N3O/c1-12(2)6-8-14-10(5-7-13)11(16)15(12)9-3-4-9/h9-10,14H,3-6,8H2,1-2H3. The largest absolute Gasteiger partial charge is 0.333 e. The molecule has 1 saturated carbocycles. The van der Waals surface area contributed by atoms with Crippen LogP contribution in [0.3, 0.4) is 0 Å². The predicted molar refractivity (Wildman–Crippen MR) is 60.6 cm³/mol. The Morgan fingerprint density at radius 2 is 2.25 bits per heavy atom. The molecule has 1 N–H and O–H groups in total. The first-order valence-corrected chi connectivity index (χ1v) is 6.00. The third-order valence-corrected chi connectivity index (χ3v) is 3.52. The maximum absolute atomic E-state index is 12.3. The lowest BCUT2D eigenvalue weighted by Crippen LogP contribution is -2.52. The van der Waals surface area contributed by atoms with Crippen molar-refractivity contribution in [2.45, 2.75) is 57.2 Å². The first kappa shape index (κ1) is 11.4. The zero-order valence-corrected chi connectivity index (χ0v) is 9.99. The Balaban J connectivity index is 2.20. The topological polar surface area (TPSA) is 56.1 Å². The molecule has 1 saturated heterocycles. The average Bonchev–Trinajstić information content (AvgIpc) is 2.99. The van der Waals surface area contributed by atoms with Crippen LogP contribution in [-0.4, -0.2) is 35.0 Å². The van der Waals surface area contributed by atoms with Gasteiger partial charge in [-0.05, 0) is 39.7 Å². The van der Waals surface area contributed by atoms with Gasteiger partial charge in [-0.25, -0.2) is 0 Å². The number of hydrogen-bond acceptors (Lipinski definition) is 3. The van der Waals surface area contributed by atoms with Gasteiger partial charge in [0.1, 0.15) is 0 Å². The second-order valence-corrected chi connectivity index (χ2v) is 5.37. The van der Waals surface area contributed by atoms with E-state index < -0.39 is 0 Å². The van der Waals surface area contributed by atoms with Crippen molar-refractivity contribution in [1.29, 1.82) is 5.26 Å². The van der Waals surface area contributed by atoms with Gasteiger partial charge in [-0.1, -0.05) is 0 Å². The Hall–Kier alpha value is -1.08. The quantitative estimate of drug-likeness (QED) is 0.757. The lowest BCUT2D eigenvalue weighted by molar-refractivity contribution is -0.138. The van der Waals surface area contributed by atoms with Crippen molar-refractivity contribution in [3.05, 3.63) is 0 Å². The molecule has 1 amide bonds. The molecule has 1 atom stereocenters. The lowest BCUT2D eigenvalue weighted by atomic mass is 9.98. The monoisotopic (exact) mass is 221 g/mol. The van der Waals surface area contributed by atoms with Crippen LogP contribution in [0.5, 0.6) is 0 Å². The molecule has 0 radical (unpaired) electrons. The van der Waals surface area contributed by atoms with Crippen LogP contribution in [0.2, 0.25) is 0 Å². The fourth-order valence-electron chi connectivity index (χ4n) is 2.48. The van der Waals surface area contributed by atoms with Gasteiger partial charge in [-0.3, -0.25) is 4.79 Å². The summed E-state index contributed by atoms with van der Waals surface area (Å²) < 4.78 is 0. The van der Waals surface area contributed by atoms with Gasteiger partial charge in [-0.2, -0.15) is 5.26 Å². The van der Waals surface area contributed by atoms with Crippen LogP contribution in [0.25, 0.3) is 0 Å².